The van der Waals surface area contributed by atoms with Gasteiger partial charge in [0.2, 0.25) is 5.95 Å². The van der Waals surface area contributed by atoms with Crippen molar-refractivity contribution in [2.75, 3.05) is 4.90 Å². The molecule has 50 heavy (non-hydrogen) atoms. The highest BCUT2D eigenvalue weighted by molar-refractivity contribution is 5.89. The van der Waals surface area contributed by atoms with E-state index in [4.69, 9.17) is 19.7 Å². The lowest BCUT2D eigenvalue weighted by molar-refractivity contribution is 0.428. The number of hydrogen-bond donors (Lipinski definition) is 0. The molecule has 1 aromatic heterocycles. The maximum atomic E-state index is 6.54. The van der Waals surface area contributed by atoms with Crippen LogP contribution in [0.1, 0.15) is 40.8 Å². The van der Waals surface area contributed by atoms with Crippen LogP contribution in [0.25, 0.3) is 33.7 Å². The average Bonchev–Trinajstić information content (AvgIpc) is 3.74. The van der Waals surface area contributed by atoms with Gasteiger partial charge in [-0.1, -0.05) is 152 Å². The Hall–Kier alpha value is -6.33. The van der Waals surface area contributed by atoms with Crippen LogP contribution in [0, 0.1) is 0 Å². The molecule has 0 amide bonds. The highest BCUT2D eigenvalue weighted by atomic mass is 16.5. The predicted molar refractivity (Wildman–Crippen MR) is 200 cm³/mol. The van der Waals surface area contributed by atoms with E-state index in [0.717, 1.165) is 34.8 Å². The van der Waals surface area contributed by atoms with Crippen molar-refractivity contribution in [3.8, 4) is 28.3 Å². The fourth-order valence-corrected chi connectivity index (χ4v) is 7.93. The van der Waals surface area contributed by atoms with Crippen molar-refractivity contribution in [2.45, 2.75) is 24.3 Å². The van der Waals surface area contributed by atoms with Crippen LogP contribution in [0.15, 0.2) is 170 Å². The van der Waals surface area contributed by atoms with E-state index in [9.17, 15) is 0 Å². The molecule has 2 aliphatic heterocycles. The minimum atomic E-state index is -0.0330. The van der Waals surface area contributed by atoms with Gasteiger partial charge in [-0.3, -0.25) is 0 Å². The van der Waals surface area contributed by atoms with Crippen molar-refractivity contribution in [2.24, 2.45) is 0 Å². The zero-order valence-corrected chi connectivity index (χ0v) is 27.2. The molecule has 5 heteroatoms. The smallest absolute Gasteiger partial charge is 0.234 e. The lowest BCUT2D eigenvalue weighted by atomic mass is 9.85. The Morgan fingerprint density at radius 1 is 0.600 bits per heavy atom. The SMILES string of the molecule is C1=CC(c2nc(-c3ccccc3)nc(N3c4ccccc4C4C=CC(c5ccccc5-c5ccccc5)=CC43)n2)=C2Oc3ccccc3C2C1. The molecular weight excluding hydrogens is 613 g/mol. The van der Waals surface area contributed by atoms with E-state index in [1.807, 2.05) is 30.3 Å². The summed E-state index contributed by atoms with van der Waals surface area (Å²) in [5.74, 6) is 3.97. The number of ether oxygens (including phenoxy) is 1. The molecule has 3 heterocycles. The van der Waals surface area contributed by atoms with Gasteiger partial charge in [0.15, 0.2) is 11.6 Å². The van der Waals surface area contributed by atoms with Gasteiger partial charge in [-0.15, -0.1) is 0 Å². The van der Waals surface area contributed by atoms with Crippen LogP contribution in [-0.4, -0.2) is 21.0 Å². The summed E-state index contributed by atoms with van der Waals surface area (Å²) in [6.07, 6.45) is 12.2. The summed E-state index contributed by atoms with van der Waals surface area (Å²) < 4.78 is 6.54. The standard InChI is InChI=1S/C45H32N4O/c1-3-14-29(15-4-1)32-18-7-8-19-33(32)31-26-27-35-34-20-9-11-24-39(34)49(40(35)28-31)45-47-43(30-16-5-2-6-17-30)46-44(48-45)38-23-13-22-37-36-21-10-12-25-41(36)50-42(37)38/h1-21,23-28,35,37,40H,22H2. The number of anilines is 2. The minimum absolute atomic E-state index is 0.0330. The van der Waals surface area contributed by atoms with Crippen LogP contribution in [0.2, 0.25) is 0 Å². The van der Waals surface area contributed by atoms with E-state index < -0.39 is 0 Å². The van der Waals surface area contributed by atoms with Crippen LogP contribution in [0.5, 0.6) is 5.75 Å². The summed E-state index contributed by atoms with van der Waals surface area (Å²) in [6, 6.07) is 46.4. The second-order valence-electron chi connectivity index (χ2n) is 13.1. The lowest BCUT2D eigenvalue weighted by Crippen LogP contribution is -2.31. The molecule has 238 valence electrons. The quantitative estimate of drug-likeness (QED) is 0.187. The highest BCUT2D eigenvalue weighted by Crippen LogP contribution is 2.50. The third-order valence-electron chi connectivity index (χ3n) is 10.2. The molecule has 0 fully saturated rings. The number of rotatable bonds is 5. The number of fused-ring (bicyclic) bond motifs is 6. The highest BCUT2D eigenvalue weighted by Gasteiger charge is 2.41. The summed E-state index contributed by atoms with van der Waals surface area (Å²) in [5, 5.41) is 0. The first kappa shape index (κ1) is 28.7. The molecule has 0 N–H and O–H groups in total. The largest absolute Gasteiger partial charge is 0.460 e. The summed E-state index contributed by atoms with van der Waals surface area (Å²) in [5.41, 5.74) is 10.2. The second kappa shape index (κ2) is 11.7. The summed E-state index contributed by atoms with van der Waals surface area (Å²) in [6.45, 7) is 0. The first-order valence-electron chi connectivity index (χ1n) is 17.2. The molecule has 5 aromatic carbocycles. The van der Waals surface area contributed by atoms with E-state index in [-0.39, 0.29) is 17.9 Å². The van der Waals surface area contributed by atoms with E-state index in [2.05, 4.69) is 138 Å². The third kappa shape index (κ3) is 4.66. The van der Waals surface area contributed by atoms with Gasteiger partial charge in [0.05, 0.1) is 17.5 Å². The fourth-order valence-electron chi connectivity index (χ4n) is 7.93. The van der Waals surface area contributed by atoms with Crippen LogP contribution in [-0.2, 0) is 0 Å². The number of para-hydroxylation sites is 2. The minimum Gasteiger partial charge on any atom is -0.460 e. The third-order valence-corrected chi connectivity index (χ3v) is 10.2. The summed E-state index contributed by atoms with van der Waals surface area (Å²) in [7, 11) is 0. The van der Waals surface area contributed by atoms with Crippen LogP contribution < -0.4 is 9.64 Å². The summed E-state index contributed by atoms with van der Waals surface area (Å²) >= 11 is 0. The van der Waals surface area contributed by atoms with Gasteiger partial charge in [0.1, 0.15) is 11.5 Å². The first-order chi connectivity index (χ1) is 24.8. The van der Waals surface area contributed by atoms with Crippen molar-refractivity contribution < 1.29 is 4.74 Å². The van der Waals surface area contributed by atoms with Crippen LogP contribution in [0.4, 0.5) is 11.6 Å². The zero-order valence-electron chi connectivity index (χ0n) is 27.2. The predicted octanol–water partition coefficient (Wildman–Crippen LogP) is 10.3. The maximum Gasteiger partial charge on any atom is 0.234 e. The van der Waals surface area contributed by atoms with Gasteiger partial charge in [-0.25, -0.2) is 4.98 Å². The number of benzene rings is 5. The Morgan fingerprint density at radius 3 is 2.12 bits per heavy atom. The Kier molecular flexibility index (Phi) is 6.69. The van der Waals surface area contributed by atoms with Crippen molar-refractivity contribution in [3.63, 3.8) is 0 Å². The van der Waals surface area contributed by atoms with Crippen molar-refractivity contribution in [1.29, 1.82) is 0 Å². The molecule has 0 spiro atoms. The van der Waals surface area contributed by atoms with Crippen LogP contribution in [0.3, 0.4) is 0 Å². The molecule has 0 radical (unpaired) electrons. The molecule has 3 atom stereocenters. The van der Waals surface area contributed by atoms with Gasteiger partial charge in [0.25, 0.3) is 0 Å². The van der Waals surface area contributed by atoms with E-state index in [1.54, 1.807) is 0 Å². The Morgan fingerprint density at radius 2 is 1.28 bits per heavy atom. The van der Waals surface area contributed by atoms with Crippen LogP contribution >= 0.6 is 0 Å². The molecule has 3 unspecified atom stereocenters. The molecule has 0 saturated heterocycles. The number of allylic oxidation sites excluding steroid dienone is 6. The Bertz CT molecular complexity index is 2410. The first-order valence-corrected chi connectivity index (χ1v) is 17.2. The molecule has 4 aliphatic rings. The molecule has 2 aliphatic carbocycles. The molecule has 0 bridgehead atoms. The number of aromatic nitrogens is 3. The Labute approximate surface area is 291 Å². The average molecular weight is 645 g/mol. The van der Waals surface area contributed by atoms with Gasteiger partial charge in [-0.2, -0.15) is 9.97 Å². The molecule has 5 nitrogen and oxygen atoms in total. The lowest BCUT2D eigenvalue weighted by Gasteiger charge is -2.29. The zero-order chi connectivity index (χ0) is 33.0. The number of nitrogens with zero attached hydrogens (tertiary/aromatic N) is 4. The van der Waals surface area contributed by atoms with Crippen molar-refractivity contribution >= 4 is 22.8 Å². The molecule has 6 aromatic rings. The fraction of sp³-hybridized carbons (Fsp3) is 0.0889. The topological polar surface area (TPSA) is 51.1 Å². The normalized spacial score (nSPS) is 19.7. The van der Waals surface area contributed by atoms with E-state index in [0.29, 0.717) is 17.6 Å². The summed E-state index contributed by atoms with van der Waals surface area (Å²) in [4.78, 5) is 18.0. The Balaban J connectivity index is 1.15. The molecular formula is C45H32N4O. The maximum absolute atomic E-state index is 6.54. The molecule has 10 rings (SSSR count). The monoisotopic (exact) mass is 644 g/mol. The van der Waals surface area contributed by atoms with Crippen molar-refractivity contribution in [3.05, 3.63) is 192 Å². The number of hydrogen-bond acceptors (Lipinski definition) is 5. The van der Waals surface area contributed by atoms with E-state index >= 15 is 0 Å². The van der Waals surface area contributed by atoms with Gasteiger partial charge in [0, 0.05) is 22.7 Å². The van der Waals surface area contributed by atoms with Gasteiger partial charge in [-0.05, 0) is 46.4 Å². The van der Waals surface area contributed by atoms with Gasteiger partial charge < -0.3 is 9.64 Å². The second-order valence-corrected chi connectivity index (χ2v) is 13.1. The van der Waals surface area contributed by atoms with E-state index in [1.165, 1.54) is 33.4 Å². The van der Waals surface area contributed by atoms with Crippen molar-refractivity contribution in [1.82, 2.24) is 15.0 Å². The molecule has 0 saturated carbocycles. The van der Waals surface area contributed by atoms with Gasteiger partial charge >= 0.3 is 0 Å².